The molecule has 0 spiro atoms. The van der Waals surface area contributed by atoms with E-state index in [1.165, 1.54) is 11.9 Å². The summed E-state index contributed by atoms with van der Waals surface area (Å²) in [6.07, 6.45) is 0.211. The van der Waals surface area contributed by atoms with Gasteiger partial charge in [-0.2, -0.15) is 8.42 Å². The van der Waals surface area contributed by atoms with Gasteiger partial charge in [0.15, 0.2) is 0 Å². The van der Waals surface area contributed by atoms with Gasteiger partial charge in [-0.3, -0.25) is 9.10 Å². The number of nitrogens with one attached hydrogen (secondary N) is 2. The second-order valence-corrected chi connectivity index (χ2v) is 11.6. The van der Waals surface area contributed by atoms with Crippen LogP contribution in [-0.2, 0) is 27.8 Å². The third-order valence-electron chi connectivity index (χ3n) is 6.48. The molecule has 5 rings (SSSR count). The van der Waals surface area contributed by atoms with Gasteiger partial charge in [-0.1, -0.05) is 18.2 Å². The summed E-state index contributed by atoms with van der Waals surface area (Å²) in [6.45, 7) is 0.153. The summed E-state index contributed by atoms with van der Waals surface area (Å²) in [5, 5.41) is 5.24. The molecule has 0 saturated heterocycles. The molecule has 202 valence electrons. The van der Waals surface area contributed by atoms with Crippen molar-refractivity contribution >= 4 is 54.9 Å². The zero-order valence-electron chi connectivity index (χ0n) is 20.7. The Balaban J connectivity index is 1.38. The Labute approximate surface area is 228 Å². The molecule has 4 aromatic rings. The van der Waals surface area contributed by atoms with Gasteiger partial charge in [0.2, 0.25) is 5.91 Å². The molecule has 39 heavy (non-hydrogen) atoms. The standard InChI is InChI=1S/C27H24F2N4O4S2/c1-32(22-6-7-25-19(15-22)9-11-38-25)26(34)23(14-17-12-20(28)16-21(29)13-17)30-27(35)31-39(36,37)33-10-8-18-4-2-3-5-24(18)33/h2-7,9,11-13,15-16,23H,8,10,14H2,1H3,(H2,30,31,35)/t23-/m0/s1. The predicted molar refractivity (Wildman–Crippen MR) is 147 cm³/mol. The van der Waals surface area contributed by atoms with E-state index in [9.17, 15) is 26.8 Å². The van der Waals surface area contributed by atoms with Crippen LogP contribution in [0.5, 0.6) is 0 Å². The van der Waals surface area contributed by atoms with Gasteiger partial charge < -0.3 is 10.2 Å². The summed E-state index contributed by atoms with van der Waals surface area (Å²) in [5.41, 5.74) is 1.94. The Hall–Kier alpha value is -4.03. The number of thiophene rings is 1. The van der Waals surface area contributed by atoms with Crippen LogP contribution in [0, 0.1) is 11.6 Å². The van der Waals surface area contributed by atoms with Crippen molar-refractivity contribution in [3.8, 4) is 0 Å². The number of amides is 3. The first kappa shape index (κ1) is 26.6. The third-order valence-corrected chi connectivity index (χ3v) is 8.78. The molecule has 0 unspecified atom stereocenters. The normalized spacial score (nSPS) is 13.7. The van der Waals surface area contributed by atoms with Crippen molar-refractivity contribution in [1.82, 2.24) is 10.0 Å². The van der Waals surface area contributed by atoms with Crippen molar-refractivity contribution in [2.75, 3.05) is 22.8 Å². The van der Waals surface area contributed by atoms with Crippen LogP contribution < -0.4 is 19.2 Å². The number of nitrogens with zero attached hydrogens (tertiary/aromatic N) is 2. The van der Waals surface area contributed by atoms with Crippen molar-refractivity contribution in [1.29, 1.82) is 0 Å². The minimum absolute atomic E-state index is 0.115. The molecule has 0 aliphatic carbocycles. The molecule has 3 amide bonds. The number of rotatable bonds is 7. The van der Waals surface area contributed by atoms with Gasteiger partial charge >= 0.3 is 16.2 Å². The molecule has 0 saturated carbocycles. The first-order valence-corrected chi connectivity index (χ1v) is 14.3. The van der Waals surface area contributed by atoms with E-state index in [1.54, 1.807) is 47.7 Å². The molecule has 8 nitrogen and oxygen atoms in total. The lowest BCUT2D eigenvalue weighted by molar-refractivity contribution is -0.120. The van der Waals surface area contributed by atoms with E-state index in [1.807, 2.05) is 22.2 Å². The number of hydrogen-bond donors (Lipinski definition) is 2. The molecular formula is C27H24F2N4O4S2. The van der Waals surface area contributed by atoms with Crippen LogP contribution in [-0.4, -0.2) is 40.0 Å². The molecule has 1 aromatic heterocycles. The summed E-state index contributed by atoms with van der Waals surface area (Å²) in [4.78, 5) is 27.8. The van der Waals surface area contributed by atoms with E-state index in [2.05, 4.69) is 5.32 Å². The number of anilines is 2. The number of carbonyl (C=O) groups is 2. The molecule has 1 atom stereocenters. The van der Waals surface area contributed by atoms with Gasteiger partial charge in [-0.25, -0.2) is 18.3 Å². The maximum absolute atomic E-state index is 13.9. The SMILES string of the molecule is CN(C(=O)[C@H](Cc1cc(F)cc(F)c1)NC(=O)NS(=O)(=O)N1CCc2ccccc21)c1ccc2sccc2c1. The van der Waals surface area contributed by atoms with Crippen molar-refractivity contribution in [3.63, 3.8) is 0 Å². The van der Waals surface area contributed by atoms with Crippen molar-refractivity contribution < 1.29 is 26.8 Å². The summed E-state index contributed by atoms with van der Waals surface area (Å²) >= 11 is 1.55. The quantitative estimate of drug-likeness (QED) is 0.345. The molecular weight excluding hydrogens is 546 g/mol. The van der Waals surface area contributed by atoms with E-state index in [0.717, 1.165) is 32.1 Å². The van der Waals surface area contributed by atoms with Gasteiger partial charge in [0.05, 0.1) is 5.69 Å². The summed E-state index contributed by atoms with van der Waals surface area (Å²) < 4.78 is 57.9. The molecule has 1 aliphatic rings. The van der Waals surface area contributed by atoms with Crippen LogP contribution in [0.25, 0.3) is 10.1 Å². The van der Waals surface area contributed by atoms with Crippen LogP contribution in [0.2, 0.25) is 0 Å². The number of halogens is 2. The Morgan fingerprint density at radius 3 is 2.56 bits per heavy atom. The highest BCUT2D eigenvalue weighted by molar-refractivity contribution is 7.91. The maximum atomic E-state index is 13.9. The maximum Gasteiger partial charge on any atom is 0.330 e. The number of likely N-dealkylation sites (N-methyl/N-ethyl adjacent to an activating group) is 1. The highest BCUT2D eigenvalue weighted by Gasteiger charge is 2.32. The fourth-order valence-corrected chi connectivity index (χ4v) is 6.55. The fourth-order valence-electron chi connectivity index (χ4n) is 4.61. The first-order chi connectivity index (χ1) is 18.6. The van der Waals surface area contributed by atoms with Gasteiger partial charge in [0.25, 0.3) is 0 Å². The van der Waals surface area contributed by atoms with Crippen LogP contribution in [0.4, 0.5) is 25.0 Å². The van der Waals surface area contributed by atoms with Gasteiger partial charge in [-0.15, -0.1) is 11.3 Å². The van der Waals surface area contributed by atoms with Gasteiger partial charge in [-0.05, 0) is 70.8 Å². The molecule has 0 bridgehead atoms. The monoisotopic (exact) mass is 570 g/mol. The van der Waals surface area contributed by atoms with Crippen LogP contribution in [0.15, 0.2) is 72.1 Å². The number of para-hydroxylation sites is 1. The summed E-state index contributed by atoms with van der Waals surface area (Å²) in [6, 6.07) is 14.6. The van der Waals surface area contributed by atoms with Crippen molar-refractivity contribution in [3.05, 3.63) is 94.9 Å². The largest absolute Gasteiger partial charge is 0.330 e. The molecule has 3 aromatic carbocycles. The molecule has 2 heterocycles. The lowest BCUT2D eigenvalue weighted by Crippen LogP contribution is -2.54. The average Bonchev–Trinajstić information content (AvgIpc) is 3.53. The van der Waals surface area contributed by atoms with Gasteiger partial charge in [0, 0.05) is 36.5 Å². The summed E-state index contributed by atoms with van der Waals surface area (Å²) in [7, 11) is -2.79. The number of carbonyl (C=O) groups excluding carboxylic acids is 2. The minimum Gasteiger partial charge on any atom is -0.325 e. The Morgan fingerprint density at radius 2 is 1.79 bits per heavy atom. The molecule has 0 fully saturated rings. The number of benzene rings is 3. The lowest BCUT2D eigenvalue weighted by atomic mass is 10.0. The lowest BCUT2D eigenvalue weighted by Gasteiger charge is -2.26. The molecule has 12 heteroatoms. The van der Waals surface area contributed by atoms with Crippen molar-refractivity contribution in [2.45, 2.75) is 18.9 Å². The van der Waals surface area contributed by atoms with E-state index >= 15 is 0 Å². The topological polar surface area (TPSA) is 98.8 Å². The zero-order valence-corrected chi connectivity index (χ0v) is 22.4. The third kappa shape index (κ3) is 5.71. The summed E-state index contributed by atoms with van der Waals surface area (Å²) in [5.74, 6) is -2.28. The highest BCUT2D eigenvalue weighted by Crippen LogP contribution is 2.29. The van der Waals surface area contributed by atoms with Gasteiger partial charge in [0.1, 0.15) is 17.7 Å². The fraction of sp³-hybridized carbons (Fsp3) is 0.185. The van der Waals surface area contributed by atoms with E-state index in [4.69, 9.17) is 0 Å². The second-order valence-electron chi connectivity index (χ2n) is 9.11. The molecule has 1 aliphatic heterocycles. The Morgan fingerprint density at radius 1 is 1.05 bits per heavy atom. The highest BCUT2D eigenvalue weighted by atomic mass is 32.2. The Kier molecular flexibility index (Phi) is 7.23. The number of fused-ring (bicyclic) bond motifs is 2. The predicted octanol–water partition coefficient (Wildman–Crippen LogP) is 4.36. The van der Waals surface area contributed by atoms with E-state index in [-0.39, 0.29) is 18.5 Å². The van der Waals surface area contributed by atoms with Crippen LogP contribution in [0.3, 0.4) is 0 Å². The number of urea groups is 1. The van der Waals surface area contributed by atoms with E-state index < -0.39 is 39.8 Å². The zero-order chi connectivity index (χ0) is 27.7. The number of hydrogen-bond acceptors (Lipinski definition) is 5. The van der Waals surface area contributed by atoms with Crippen LogP contribution >= 0.6 is 11.3 Å². The van der Waals surface area contributed by atoms with Crippen molar-refractivity contribution in [2.24, 2.45) is 0 Å². The smallest absolute Gasteiger partial charge is 0.325 e. The van der Waals surface area contributed by atoms with E-state index in [0.29, 0.717) is 23.9 Å². The van der Waals surface area contributed by atoms with Crippen LogP contribution in [0.1, 0.15) is 11.1 Å². The minimum atomic E-state index is -4.29. The Bertz CT molecular complexity index is 1660. The first-order valence-electron chi connectivity index (χ1n) is 12.0. The molecule has 0 radical (unpaired) electrons. The second kappa shape index (κ2) is 10.6. The average molecular weight is 571 g/mol. The molecule has 2 N–H and O–H groups in total.